The van der Waals surface area contributed by atoms with Gasteiger partial charge in [-0.05, 0) is 92.2 Å². The second-order valence-corrected chi connectivity index (χ2v) is 12.6. The number of aryl methyl sites for hydroxylation is 1. The van der Waals surface area contributed by atoms with Crippen molar-refractivity contribution < 1.29 is 19.4 Å². The lowest BCUT2D eigenvalue weighted by Crippen LogP contribution is -2.41. The molecule has 3 saturated carbocycles. The normalized spacial score (nSPS) is 30.8. The molecule has 2 aromatic carbocycles. The van der Waals surface area contributed by atoms with E-state index in [1.807, 2.05) is 24.3 Å². The number of hydrogen-bond acceptors (Lipinski definition) is 4. The van der Waals surface area contributed by atoms with Crippen LogP contribution in [0, 0.1) is 29.5 Å². The standard InChI is InChI=1S/C31H30Cl2FN3O3/c1-37-17-35-27(28(37)29(38)36-24-6-7-26(34)25(33)12-24)19-10-20-13-30(39,14-21(20)11-19)8-9-31(40)15-22(16-31)18-2-4-23(32)5-3-18/h2-7,12,17,19-22,39-40H,10-11,13-16H2,1H3,(H,36,38). The zero-order chi connectivity index (χ0) is 28.2. The molecular formula is C31H30Cl2FN3O3. The predicted molar refractivity (Wildman–Crippen MR) is 152 cm³/mol. The number of halogens is 3. The van der Waals surface area contributed by atoms with Crippen LogP contribution in [-0.2, 0) is 7.05 Å². The third-order valence-corrected chi connectivity index (χ3v) is 9.36. The number of anilines is 1. The summed E-state index contributed by atoms with van der Waals surface area (Å²) in [6.45, 7) is 0. The minimum absolute atomic E-state index is 0.0620. The van der Waals surface area contributed by atoms with E-state index < -0.39 is 17.0 Å². The molecule has 6 nitrogen and oxygen atoms in total. The van der Waals surface area contributed by atoms with Crippen LogP contribution in [0.15, 0.2) is 48.8 Å². The summed E-state index contributed by atoms with van der Waals surface area (Å²) in [6, 6.07) is 11.7. The minimum Gasteiger partial charge on any atom is -0.378 e. The van der Waals surface area contributed by atoms with Gasteiger partial charge < -0.3 is 20.1 Å². The number of carbonyl (C=O) groups excluding carboxylic acids is 1. The van der Waals surface area contributed by atoms with Crippen molar-refractivity contribution in [1.82, 2.24) is 9.55 Å². The van der Waals surface area contributed by atoms with Crippen LogP contribution in [0.25, 0.3) is 0 Å². The highest BCUT2D eigenvalue weighted by Crippen LogP contribution is 2.54. The Morgan fingerprint density at radius 3 is 2.25 bits per heavy atom. The molecule has 2 atom stereocenters. The van der Waals surface area contributed by atoms with Crippen LogP contribution in [0.4, 0.5) is 10.1 Å². The van der Waals surface area contributed by atoms with Crippen LogP contribution >= 0.6 is 23.2 Å². The van der Waals surface area contributed by atoms with Gasteiger partial charge in [0.15, 0.2) is 0 Å². The monoisotopic (exact) mass is 581 g/mol. The van der Waals surface area contributed by atoms with Gasteiger partial charge in [0, 0.05) is 23.7 Å². The van der Waals surface area contributed by atoms with Gasteiger partial charge in [-0.25, -0.2) is 9.37 Å². The molecule has 6 rings (SSSR count). The van der Waals surface area contributed by atoms with E-state index in [0.29, 0.717) is 42.1 Å². The summed E-state index contributed by atoms with van der Waals surface area (Å²) >= 11 is 11.8. The van der Waals surface area contributed by atoms with E-state index in [1.54, 1.807) is 17.9 Å². The number of hydrogen-bond donors (Lipinski definition) is 3. The molecule has 0 radical (unpaired) electrons. The van der Waals surface area contributed by atoms with Crippen LogP contribution < -0.4 is 5.32 Å². The van der Waals surface area contributed by atoms with Gasteiger partial charge in [0.2, 0.25) is 0 Å². The number of rotatable bonds is 4. The minimum atomic E-state index is -1.12. The Morgan fingerprint density at radius 2 is 1.62 bits per heavy atom. The number of aromatic nitrogens is 2. The van der Waals surface area contributed by atoms with Gasteiger partial charge in [0.25, 0.3) is 5.91 Å². The first-order valence-corrected chi connectivity index (χ1v) is 14.3. The van der Waals surface area contributed by atoms with Crippen molar-refractivity contribution in [3.63, 3.8) is 0 Å². The van der Waals surface area contributed by atoms with Crippen LogP contribution in [0.2, 0.25) is 10.0 Å². The van der Waals surface area contributed by atoms with Crippen molar-refractivity contribution >= 4 is 34.8 Å². The average Bonchev–Trinajstić information content (AvgIpc) is 3.55. The number of aliphatic hydroxyl groups is 2. The second kappa shape index (κ2) is 10.2. The summed E-state index contributed by atoms with van der Waals surface area (Å²) in [7, 11) is 1.77. The van der Waals surface area contributed by atoms with E-state index in [0.717, 1.165) is 24.1 Å². The molecule has 3 aromatic rings. The molecule has 1 heterocycles. The van der Waals surface area contributed by atoms with E-state index in [9.17, 15) is 19.4 Å². The Labute approximate surface area is 242 Å². The molecule has 3 aliphatic carbocycles. The quantitative estimate of drug-likeness (QED) is 0.326. The SMILES string of the molecule is Cn1cnc(C2CC3CC(O)(C#CC4(O)CC(c5ccc(Cl)cc5)C4)CC3C2)c1C(=O)Nc1ccc(F)c(Cl)c1. The fraction of sp³-hybridized carbons (Fsp3) is 0.419. The Bertz CT molecular complexity index is 1510. The van der Waals surface area contributed by atoms with Gasteiger partial charge in [-0.1, -0.05) is 47.2 Å². The summed E-state index contributed by atoms with van der Waals surface area (Å²) in [6.07, 6.45) is 5.41. The molecule has 0 aliphatic heterocycles. The highest BCUT2D eigenvalue weighted by molar-refractivity contribution is 6.31. The van der Waals surface area contributed by atoms with E-state index in [-0.39, 0.29) is 34.6 Å². The third kappa shape index (κ3) is 5.26. The topological polar surface area (TPSA) is 87.4 Å². The third-order valence-electron chi connectivity index (χ3n) is 8.82. The Hall–Kier alpha value is -2.89. The summed E-state index contributed by atoms with van der Waals surface area (Å²) in [5.74, 6) is 6.02. The number of imidazole rings is 1. The summed E-state index contributed by atoms with van der Waals surface area (Å²) < 4.78 is 15.2. The zero-order valence-corrected chi connectivity index (χ0v) is 23.5. The van der Waals surface area contributed by atoms with E-state index in [2.05, 4.69) is 22.1 Å². The smallest absolute Gasteiger partial charge is 0.274 e. The molecule has 2 unspecified atom stereocenters. The van der Waals surface area contributed by atoms with E-state index in [1.165, 1.54) is 18.2 Å². The lowest BCUT2D eigenvalue weighted by molar-refractivity contribution is 0.00464. The number of nitrogens with zero attached hydrogens (tertiary/aromatic N) is 2. The average molecular weight is 583 g/mol. The molecule has 1 aromatic heterocycles. The van der Waals surface area contributed by atoms with Crippen LogP contribution in [0.3, 0.4) is 0 Å². The molecule has 9 heteroatoms. The maximum Gasteiger partial charge on any atom is 0.274 e. The van der Waals surface area contributed by atoms with Crippen LogP contribution in [-0.4, -0.2) is 36.9 Å². The van der Waals surface area contributed by atoms with Crippen LogP contribution in [0.5, 0.6) is 0 Å². The van der Waals surface area contributed by atoms with Crippen molar-refractivity contribution in [2.75, 3.05) is 5.32 Å². The van der Waals surface area contributed by atoms with Crippen molar-refractivity contribution in [2.45, 2.75) is 61.6 Å². The molecule has 3 fully saturated rings. The van der Waals surface area contributed by atoms with Gasteiger partial charge in [-0.2, -0.15) is 0 Å². The lowest BCUT2D eigenvalue weighted by atomic mass is 9.68. The van der Waals surface area contributed by atoms with Gasteiger partial charge in [-0.15, -0.1) is 0 Å². The van der Waals surface area contributed by atoms with Gasteiger partial charge >= 0.3 is 0 Å². The number of amides is 1. The molecule has 0 saturated heterocycles. The van der Waals surface area contributed by atoms with Gasteiger partial charge in [0.1, 0.15) is 22.7 Å². The number of nitrogens with one attached hydrogen (secondary N) is 1. The molecule has 0 spiro atoms. The lowest BCUT2D eigenvalue weighted by Gasteiger charge is -2.40. The fourth-order valence-electron chi connectivity index (χ4n) is 6.84. The van der Waals surface area contributed by atoms with Crippen molar-refractivity contribution in [2.24, 2.45) is 18.9 Å². The van der Waals surface area contributed by atoms with Crippen molar-refractivity contribution in [1.29, 1.82) is 0 Å². The second-order valence-electron chi connectivity index (χ2n) is 11.7. The first kappa shape index (κ1) is 27.3. The highest BCUT2D eigenvalue weighted by Gasteiger charge is 2.50. The van der Waals surface area contributed by atoms with Crippen LogP contribution in [0.1, 0.15) is 72.1 Å². The molecule has 1 amide bonds. The maximum atomic E-state index is 13.5. The van der Waals surface area contributed by atoms with Gasteiger partial charge in [-0.3, -0.25) is 4.79 Å². The molecule has 3 aliphatic rings. The van der Waals surface area contributed by atoms with Gasteiger partial charge in [0.05, 0.1) is 17.0 Å². The highest BCUT2D eigenvalue weighted by atomic mass is 35.5. The molecule has 0 bridgehead atoms. The van der Waals surface area contributed by atoms with E-state index >= 15 is 0 Å². The first-order valence-electron chi connectivity index (χ1n) is 13.5. The fourth-order valence-corrected chi connectivity index (χ4v) is 7.14. The largest absolute Gasteiger partial charge is 0.378 e. The predicted octanol–water partition coefficient (Wildman–Crippen LogP) is 6.07. The Kier molecular flexibility index (Phi) is 6.95. The Balaban J connectivity index is 1.09. The van der Waals surface area contributed by atoms with Crippen molar-refractivity contribution in [3.8, 4) is 11.8 Å². The zero-order valence-electron chi connectivity index (χ0n) is 22.0. The number of carbonyl (C=O) groups is 1. The number of benzene rings is 2. The maximum absolute atomic E-state index is 13.5. The molecular weight excluding hydrogens is 552 g/mol. The summed E-state index contributed by atoms with van der Waals surface area (Å²) in [4.78, 5) is 17.7. The van der Waals surface area contributed by atoms with E-state index in [4.69, 9.17) is 23.2 Å². The summed E-state index contributed by atoms with van der Waals surface area (Å²) in [5, 5.41) is 25.6. The molecule has 3 N–H and O–H groups in total. The van der Waals surface area contributed by atoms with Crippen molar-refractivity contribution in [3.05, 3.63) is 81.6 Å². The molecule has 208 valence electrons. The Morgan fingerprint density at radius 1 is 1.00 bits per heavy atom. The summed E-state index contributed by atoms with van der Waals surface area (Å²) in [5.41, 5.74) is 0.541. The first-order chi connectivity index (χ1) is 19.0. The number of fused-ring (bicyclic) bond motifs is 1. The molecule has 40 heavy (non-hydrogen) atoms.